The fraction of sp³-hybridized carbons (Fsp3) is 0.188. The van der Waals surface area contributed by atoms with Gasteiger partial charge in [0.2, 0.25) is 6.08 Å². The average molecular weight is 237 g/mol. The van der Waals surface area contributed by atoms with E-state index in [0.717, 1.165) is 12.8 Å². The van der Waals surface area contributed by atoms with Crippen LogP contribution in [0.4, 0.5) is 5.69 Å². The molecule has 2 aromatic rings. The van der Waals surface area contributed by atoms with Crippen molar-refractivity contribution in [3.05, 3.63) is 65.2 Å². The normalized spacial score (nSPS) is 9.83. The standard InChI is InChI=1S/C16H15NO/c1-2-13-3-5-14(6-4-13)11-15-7-9-16(10-8-15)17-12-18/h3-10H,2,11H2,1H3. The van der Waals surface area contributed by atoms with Crippen molar-refractivity contribution < 1.29 is 4.79 Å². The lowest BCUT2D eigenvalue weighted by atomic mass is 10.0. The van der Waals surface area contributed by atoms with Crippen LogP contribution in [0.5, 0.6) is 0 Å². The van der Waals surface area contributed by atoms with Gasteiger partial charge in [0.15, 0.2) is 0 Å². The number of hydrogen-bond donors (Lipinski definition) is 0. The van der Waals surface area contributed by atoms with E-state index in [1.54, 1.807) is 6.08 Å². The summed E-state index contributed by atoms with van der Waals surface area (Å²) in [4.78, 5) is 13.7. The first-order chi connectivity index (χ1) is 8.81. The summed E-state index contributed by atoms with van der Waals surface area (Å²) in [5.74, 6) is 0. The topological polar surface area (TPSA) is 29.4 Å². The van der Waals surface area contributed by atoms with Gasteiger partial charge in [-0.05, 0) is 41.7 Å². The van der Waals surface area contributed by atoms with Gasteiger partial charge in [0, 0.05) is 0 Å². The third-order valence-corrected chi connectivity index (χ3v) is 2.95. The zero-order chi connectivity index (χ0) is 12.8. The molecule has 0 radical (unpaired) electrons. The number of hydrogen-bond acceptors (Lipinski definition) is 2. The maximum atomic E-state index is 10.1. The molecule has 0 aliphatic rings. The fourth-order valence-electron chi connectivity index (χ4n) is 1.87. The molecule has 0 spiro atoms. The summed E-state index contributed by atoms with van der Waals surface area (Å²) in [5, 5.41) is 0. The average Bonchev–Trinajstić information content (AvgIpc) is 2.42. The van der Waals surface area contributed by atoms with E-state index in [1.165, 1.54) is 16.7 Å². The van der Waals surface area contributed by atoms with Gasteiger partial charge in [-0.2, -0.15) is 4.99 Å². The number of carbonyl (C=O) groups excluding carboxylic acids is 1. The Morgan fingerprint density at radius 1 is 0.889 bits per heavy atom. The van der Waals surface area contributed by atoms with Gasteiger partial charge in [0.1, 0.15) is 0 Å². The van der Waals surface area contributed by atoms with Crippen LogP contribution >= 0.6 is 0 Å². The molecule has 0 saturated heterocycles. The number of isocyanates is 1. The number of aliphatic imine (C=N–C) groups is 1. The van der Waals surface area contributed by atoms with E-state index in [2.05, 4.69) is 36.2 Å². The Kier molecular flexibility index (Phi) is 4.06. The molecule has 0 bridgehead atoms. The van der Waals surface area contributed by atoms with Gasteiger partial charge in [-0.3, -0.25) is 0 Å². The van der Waals surface area contributed by atoms with Crippen LogP contribution in [0.2, 0.25) is 0 Å². The molecule has 0 amide bonds. The minimum Gasteiger partial charge on any atom is -0.211 e. The zero-order valence-corrected chi connectivity index (χ0v) is 10.4. The second-order valence-corrected chi connectivity index (χ2v) is 4.22. The van der Waals surface area contributed by atoms with Gasteiger partial charge >= 0.3 is 0 Å². The lowest BCUT2D eigenvalue weighted by Gasteiger charge is -2.03. The number of benzene rings is 2. The van der Waals surface area contributed by atoms with Gasteiger partial charge in [-0.15, -0.1) is 0 Å². The molecule has 0 unspecified atom stereocenters. The van der Waals surface area contributed by atoms with Gasteiger partial charge < -0.3 is 0 Å². The number of aryl methyl sites for hydroxylation is 1. The monoisotopic (exact) mass is 237 g/mol. The predicted molar refractivity (Wildman–Crippen MR) is 72.8 cm³/mol. The zero-order valence-electron chi connectivity index (χ0n) is 10.4. The molecule has 2 aromatic carbocycles. The fourth-order valence-corrected chi connectivity index (χ4v) is 1.87. The summed E-state index contributed by atoms with van der Waals surface area (Å²) < 4.78 is 0. The van der Waals surface area contributed by atoms with Crippen molar-refractivity contribution in [1.29, 1.82) is 0 Å². The van der Waals surface area contributed by atoms with Crippen LogP contribution in [0.25, 0.3) is 0 Å². The molecule has 0 saturated carbocycles. The molecule has 0 atom stereocenters. The third kappa shape index (κ3) is 3.16. The Bertz CT molecular complexity index is 549. The molecular weight excluding hydrogens is 222 g/mol. The molecule has 2 rings (SSSR count). The maximum Gasteiger partial charge on any atom is 0.240 e. The van der Waals surface area contributed by atoms with E-state index in [-0.39, 0.29) is 0 Å². The van der Waals surface area contributed by atoms with E-state index in [0.29, 0.717) is 5.69 Å². The molecule has 0 aliphatic carbocycles. The van der Waals surface area contributed by atoms with Gasteiger partial charge in [0.05, 0.1) is 5.69 Å². The highest BCUT2D eigenvalue weighted by Gasteiger charge is 1.97. The largest absolute Gasteiger partial charge is 0.240 e. The van der Waals surface area contributed by atoms with Gasteiger partial charge in [0.25, 0.3) is 0 Å². The molecule has 0 fully saturated rings. The van der Waals surface area contributed by atoms with Gasteiger partial charge in [-0.25, -0.2) is 4.79 Å². The number of rotatable bonds is 4. The molecule has 18 heavy (non-hydrogen) atoms. The second kappa shape index (κ2) is 5.95. The minimum atomic E-state index is 0.648. The Hall–Kier alpha value is -2.18. The molecule has 90 valence electrons. The Morgan fingerprint density at radius 2 is 1.39 bits per heavy atom. The van der Waals surface area contributed by atoms with Crippen LogP contribution in [0, 0.1) is 0 Å². The third-order valence-electron chi connectivity index (χ3n) is 2.95. The lowest BCUT2D eigenvalue weighted by Crippen LogP contribution is -1.88. The Morgan fingerprint density at radius 3 is 1.89 bits per heavy atom. The molecule has 0 aliphatic heterocycles. The Balaban J connectivity index is 2.10. The Labute approximate surface area is 107 Å². The van der Waals surface area contributed by atoms with Crippen LogP contribution in [-0.2, 0) is 17.6 Å². The van der Waals surface area contributed by atoms with E-state index < -0.39 is 0 Å². The molecule has 0 aromatic heterocycles. The van der Waals surface area contributed by atoms with Crippen LogP contribution < -0.4 is 0 Å². The summed E-state index contributed by atoms with van der Waals surface area (Å²) in [7, 11) is 0. The quantitative estimate of drug-likeness (QED) is 0.587. The van der Waals surface area contributed by atoms with E-state index >= 15 is 0 Å². The lowest BCUT2D eigenvalue weighted by molar-refractivity contribution is 0.565. The van der Waals surface area contributed by atoms with Crippen LogP contribution in [0.3, 0.4) is 0 Å². The summed E-state index contributed by atoms with van der Waals surface area (Å²) in [6, 6.07) is 16.3. The van der Waals surface area contributed by atoms with Crippen molar-refractivity contribution >= 4 is 11.8 Å². The maximum absolute atomic E-state index is 10.1. The highest BCUT2D eigenvalue weighted by atomic mass is 16.1. The van der Waals surface area contributed by atoms with E-state index in [4.69, 9.17) is 0 Å². The molecular formula is C16H15NO. The highest BCUT2D eigenvalue weighted by Crippen LogP contribution is 2.15. The first kappa shape index (κ1) is 12.3. The SMILES string of the molecule is CCc1ccc(Cc2ccc(N=C=O)cc2)cc1. The predicted octanol–water partition coefficient (Wildman–Crippen LogP) is 3.81. The highest BCUT2D eigenvalue weighted by molar-refractivity contribution is 5.49. The molecule has 2 nitrogen and oxygen atoms in total. The summed E-state index contributed by atoms with van der Waals surface area (Å²) in [6.45, 7) is 2.15. The van der Waals surface area contributed by atoms with Crippen molar-refractivity contribution in [2.24, 2.45) is 4.99 Å². The molecule has 2 heteroatoms. The van der Waals surface area contributed by atoms with Crippen LogP contribution in [0.1, 0.15) is 23.6 Å². The molecule has 0 N–H and O–H groups in total. The second-order valence-electron chi connectivity index (χ2n) is 4.22. The van der Waals surface area contributed by atoms with Crippen LogP contribution in [-0.4, -0.2) is 6.08 Å². The van der Waals surface area contributed by atoms with Crippen LogP contribution in [0.15, 0.2) is 53.5 Å². The van der Waals surface area contributed by atoms with Crippen molar-refractivity contribution in [2.45, 2.75) is 19.8 Å². The summed E-state index contributed by atoms with van der Waals surface area (Å²) >= 11 is 0. The van der Waals surface area contributed by atoms with Gasteiger partial charge in [-0.1, -0.05) is 43.3 Å². The first-order valence-electron chi connectivity index (χ1n) is 6.06. The van der Waals surface area contributed by atoms with Crippen molar-refractivity contribution in [2.75, 3.05) is 0 Å². The van der Waals surface area contributed by atoms with E-state index in [9.17, 15) is 4.79 Å². The minimum absolute atomic E-state index is 0.648. The first-order valence-corrected chi connectivity index (χ1v) is 6.06. The van der Waals surface area contributed by atoms with E-state index in [1.807, 2.05) is 24.3 Å². The van der Waals surface area contributed by atoms with Crippen molar-refractivity contribution in [3.8, 4) is 0 Å². The van der Waals surface area contributed by atoms with Crippen molar-refractivity contribution in [3.63, 3.8) is 0 Å². The van der Waals surface area contributed by atoms with Crippen molar-refractivity contribution in [1.82, 2.24) is 0 Å². The molecule has 0 heterocycles. The number of nitrogens with zero attached hydrogens (tertiary/aromatic N) is 1. The summed E-state index contributed by atoms with van der Waals surface area (Å²) in [6.07, 6.45) is 3.51. The summed E-state index contributed by atoms with van der Waals surface area (Å²) in [5.41, 5.74) is 4.51. The smallest absolute Gasteiger partial charge is 0.211 e.